The number of hydrogen-bond acceptors (Lipinski definition) is 3. The van der Waals surface area contributed by atoms with Crippen molar-refractivity contribution in [3.8, 4) is 0 Å². The van der Waals surface area contributed by atoms with E-state index in [2.05, 4.69) is 27.2 Å². The predicted molar refractivity (Wildman–Crippen MR) is 93.3 cm³/mol. The second kappa shape index (κ2) is 8.46. The molecular weight excluding hydrogens is 286 g/mol. The van der Waals surface area contributed by atoms with Crippen LogP contribution in [0.4, 0.5) is 0 Å². The third-order valence-electron chi connectivity index (χ3n) is 5.05. The average Bonchev–Trinajstić information content (AvgIpc) is 3.11. The molecule has 23 heavy (non-hydrogen) atoms. The van der Waals surface area contributed by atoms with Crippen LogP contribution >= 0.6 is 0 Å². The Morgan fingerprint density at radius 2 is 1.61 bits per heavy atom. The van der Waals surface area contributed by atoms with Crippen molar-refractivity contribution < 1.29 is 4.79 Å². The minimum atomic E-state index is -0.125. The average molecular weight is 315 g/mol. The summed E-state index contributed by atoms with van der Waals surface area (Å²) in [6.45, 7) is 6.16. The van der Waals surface area contributed by atoms with Gasteiger partial charge in [-0.3, -0.25) is 9.69 Å². The van der Waals surface area contributed by atoms with Gasteiger partial charge in [0.15, 0.2) is 0 Å². The zero-order chi connectivity index (χ0) is 15.9. The van der Waals surface area contributed by atoms with Crippen LogP contribution in [-0.2, 0) is 4.79 Å². The van der Waals surface area contributed by atoms with Crippen LogP contribution in [0, 0.1) is 0 Å². The molecule has 1 aromatic rings. The Morgan fingerprint density at radius 3 is 2.30 bits per heavy atom. The zero-order valence-corrected chi connectivity index (χ0v) is 14.0. The maximum atomic E-state index is 12.8. The number of piperidine rings is 1. The van der Waals surface area contributed by atoms with E-state index in [-0.39, 0.29) is 11.9 Å². The molecule has 3 rings (SSSR count). The molecule has 0 aromatic heterocycles. The number of nitrogens with zero attached hydrogens (tertiary/aromatic N) is 2. The van der Waals surface area contributed by atoms with Crippen LogP contribution in [0.2, 0.25) is 0 Å². The number of benzene rings is 1. The van der Waals surface area contributed by atoms with Crippen molar-refractivity contribution in [2.75, 3.05) is 39.3 Å². The van der Waals surface area contributed by atoms with E-state index in [0.717, 1.165) is 31.7 Å². The number of nitrogens with one attached hydrogen (secondary N) is 1. The molecule has 2 saturated heterocycles. The summed E-state index contributed by atoms with van der Waals surface area (Å²) >= 11 is 0. The van der Waals surface area contributed by atoms with Crippen LogP contribution in [0.3, 0.4) is 0 Å². The summed E-state index contributed by atoms with van der Waals surface area (Å²) < 4.78 is 0. The van der Waals surface area contributed by atoms with Crippen LogP contribution in [0.1, 0.15) is 43.7 Å². The lowest BCUT2D eigenvalue weighted by Crippen LogP contribution is -2.43. The predicted octanol–water partition coefficient (Wildman–Crippen LogP) is 2.43. The minimum Gasteiger partial charge on any atom is -0.353 e. The molecule has 4 nitrogen and oxygen atoms in total. The Balaban J connectivity index is 1.56. The van der Waals surface area contributed by atoms with Crippen molar-refractivity contribution in [1.82, 2.24) is 15.1 Å². The molecule has 1 unspecified atom stereocenters. The van der Waals surface area contributed by atoms with Crippen LogP contribution in [0.5, 0.6) is 0 Å². The van der Waals surface area contributed by atoms with Crippen molar-refractivity contribution in [1.29, 1.82) is 0 Å². The molecule has 1 amide bonds. The molecule has 2 heterocycles. The Bertz CT molecular complexity index is 479. The van der Waals surface area contributed by atoms with Gasteiger partial charge < -0.3 is 10.2 Å². The van der Waals surface area contributed by atoms with Gasteiger partial charge in [-0.2, -0.15) is 0 Å². The van der Waals surface area contributed by atoms with E-state index in [1.807, 2.05) is 18.2 Å². The fourth-order valence-corrected chi connectivity index (χ4v) is 3.78. The summed E-state index contributed by atoms with van der Waals surface area (Å²) in [5.41, 5.74) is 1.12. The van der Waals surface area contributed by atoms with Crippen LogP contribution < -0.4 is 5.32 Å². The molecular formula is C19H29N3O. The Kier molecular flexibility index (Phi) is 6.06. The summed E-state index contributed by atoms with van der Waals surface area (Å²) in [5, 5.41) is 3.18. The Hall–Kier alpha value is -1.39. The maximum absolute atomic E-state index is 12.8. The fraction of sp³-hybridized carbons (Fsp3) is 0.632. The normalized spacial score (nSPS) is 21.2. The van der Waals surface area contributed by atoms with E-state index in [4.69, 9.17) is 0 Å². The van der Waals surface area contributed by atoms with E-state index in [0.29, 0.717) is 0 Å². The molecule has 0 radical (unpaired) electrons. The van der Waals surface area contributed by atoms with Crippen molar-refractivity contribution in [3.05, 3.63) is 35.9 Å². The molecule has 2 fully saturated rings. The Labute approximate surface area is 139 Å². The van der Waals surface area contributed by atoms with Gasteiger partial charge in [0.05, 0.1) is 0 Å². The van der Waals surface area contributed by atoms with Crippen LogP contribution in [0.25, 0.3) is 0 Å². The summed E-state index contributed by atoms with van der Waals surface area (Å²) in [4.78, 5) is 17.6. The highest BCUT2D eigenvalue weighted by atomic mass is 16.2. The highest BCUT2D eigenvalue weighted by Gasteiger charge is 2.29. The first kappa shape index (κ1) is 16.5. The third-order valence-corrected chi connectivity index (χ3v) is 5.05. The van der Waals surface area contributed by atoms with Gasteiger partial charge in [-0.1, -0.05) is 36.8 Å². The number of carbonyl (C=O) groups excluding carboxylic acids is 1. The van der Waals surface area contributed by atoms with Gasteiger partial charge in [0.25, 0.3) is 0 Å². The van der Waals surface area contributed by atoms with E-state index >= 15 is 0 Å². The molecule has 0 aliphatic carbocycles. The van der Waals surface area contributed by atoms with Gasteiger partial charge in [-0.05, 0) is 57.4 Å². The first-order valence-corrected chi connectivity index (χ1v) is 9.14. The first-order valence-electron chi connectivity index (χ1n) is 9.14. The molecule has 4 heteroatoms. The smallest absolute Gasteiger partial charge is 0.242 e. The second-order valence-electron chi connectivity index (χ2n) is 6.75. The lowest BCUT2D eigenvalue weighted by atomic mass is 10.0. The van der Waals surface area contributed by atoms with E-state index < -0.39 is 0 Å². The molecule has 0 spiro atoms. The summed E-state index contributed by atoms with van der Waals surface area (Å²) in [6.07, 6.45) is 6.35. The fourth-order valence-electron chi connectivity index (χ4n) is 3.78. The van der Waals surface area contributed by atoms with Crippen molar-refractivity contribution in [2.45, 2.75) is 38.1 Å². The summed E-state index contributed by atoms with van der Waals surface area (Å²) in [5.74, 6) is 0.162. The number of carbonyl (C=O) groups is 1. The number of amides is 1. The van der Waals surface area contributed by atoms with E-state index in [9.17, 15) is 4.79 Å². The largest absolute Gasteiger partial charge is 0.353 e. The van der Waals surface area contributed by atoms with Crippen LogP contribution in [-0.4, -0.2) is 55.0 Å². The summed E-state index contributed by atoms with van der Waals surface area (Å²) in [6, 6.07) is 10.1. The molecule has 126 valence electrons. The van der Waals surface area contributed by atoms with Crippen molar-refractivity contribution >= 4 is 5.91 Å². The van der Waals surface area contributed by atoms with Gasteiger partial charge >= 0.3 is 0 Å². The molecule has 2 aliphatic rings. The molecule has 1 N–H and O–H groups in total. The standard InChI is InChI=1S/C19H29N3O/c23-19(20-11-16-21-12-5-2-6-13-21)18(22-14-7-8-15-22)17-9-3-1-4-10-17/h1,3-4,9-10,18H,2,5-8,11-16H2,(H,20,23). The van der Waals surface area contributed by atoms with Gasteiger partial charge in [0, 0.05) is 13.1 Å². The van der Waals surface area contributed by atoms with Crippen molar-refractivity contribution in [2.24, 2.45) is 0 Å². The molecule has 1 atom stereocenters. The lowest BCUT2D eigenvalue weighted by Gasteiger charge is -2.29. The highest BCUT2D eigenvalue weighted by molar-refractivity contribution is 5.83. The van der Waals surface area contributed by atoms with Gasteiger partial charge in [-0.25, -0.2) is 0 Å². The lowest BCUT2D eigenvalue weighted by molar-refractivity contribution is -0.126. The molecule has 0 bridgehead atoms. The molecule has 0 saturated carbocycles. The quantitative estimate of drug-likeness (QED) is 0.876. The van der Waals surface area contributed by atoms with Gasteiger partial charge in [-0.15, -0.1) is 0 Å². The van der Waals surface area contributed by atoms with E-state index in [1.165, 1.54) is 45.2 Å². The maximum Gasteiger partial charge on any atom is 0.242 e. The molecule has 1 aromatic carbocycles. The van der Waals surface area contributed by atoms with Crippen molar-refractivity contribution in [3.63, 3.8) is 0 Å². The SMILES string of the molecule is O=C(NCCN1CCCCC1)C(c1ccccc1)N1CCCC1. The van der Waals surface area contributed by atoms with Crippen LogP contribution in [0.15, 0.2) is 30.3 Å². The zero-order valence-electron chi connectivity index (χ0n) is 14.0. The van der Waals surface area contributed by atoms with E-state index in [1.54, 1.807) is 0 Å². The monoisotopic (exact) mass is 315 g/mol. The summed E-state index contributed by atoms with van der Waals surface area (Å²) in [7, 11) is 0. The molecule has 2 aliphatic heterocycles. The van der Waals surface area contributed by atoms with Gasteiger partial charge in [0.1, 0.15) is 6.04 Å². The number of hydrogen-bond donors (Lipinski definition) is 1. The third kappa shape index (κ3) is 4.55. The first-order chi connectivity index (χ1) is 11.3. The van der Waals surface area contributed by atoms with Gasteiger partial charge in [0.2, 0.25) is 5.91 Å². The topological polar surface area (TPSA) is 35.6 Å². The number of likely N-dealkylation sites (tertiary alicyclic amines) is 2. The highest BCUT2D eigenvalue weighted by Crippen LogP contribution is 2.25. The Morgan fingerprint density at radius 1 is 0.957 bits per heavy atom. The second-order valence-corrected chi connectivity index (χ2v) is 6.75. The number of rotatable bonds is 6. The minimum absolute atomic E-state index is 0.125.